The minimum atomic E-state index is -1.08. The predicted octanol–water partition coefficient (Wildman–Crippen LogP) is 4.52. The Kier molecular flexibility index (Phi) is 4.80. The van der Waals surface area contributed by atoms with E-state index in [9.17, 15) is 14.1 Å². The number of aliphatic hydroxyl groups is 1. The van der Waals surface area contributed by atoms with Gasteiger partial charge in [0.25, 0.3) is 0 Å². The Labute approximate surface area is 199 Å². The van der Waals surface area contributed by atoms with E-state index >= 15 is 0 Å². The summed E-state index contributed by atoms with van der Waals surface area (Å²) in [5.41, 5.74) is 2.27. The van der Waals surface area contributed by atoms with Gasteiger partial charge in [0.05, 0.1) is 27.5 Å². The van der Waals surface area contributed by atoms with Crippen molar-refractivity contribution in [3.8, 4) is 0 Å². The molecule has 6 rings (SSSR count). The molecular weight excluding hydrogens is 432 g/mol. The summed E-state index contributed by atoms with van der Waals surface area (Å²) in [5.74, 6) is 3.71. The number of Topliss-reactive ketones (excluding diaryl/α,β-unsaturated/α-hetero) is 1. The predicted molar refractivity (Wildman–Crippen MR) is 128 cm³/mol. The average Bonchev–Trinajstić information content (AvgIpc) is 3.09. The Morgan fingerprint density at radius 2 is 1.88 bits per heavy atom. The summed E-state index contributed by atoms with van der Waals surface area (Å²) in [4.78, 5) is 14.3. The number of fused-ring (bicyclic) bond motifs is 7. The van der Waals surface area contributed by atoms with Crippen molar-refractivity contribution >= 4 is 16.6 Å². The molecule has 0 bridgehead atoms. The lowest BCUT2D eigenvalue weighted by molar-refractivity contribution is -0.122. The van der Waals surface area contributed by atoms with E-state index < -0.39 is 16.4 Å². The molecule has 0 aliphatic heterocycles. The minimum Gasteiger partial charge on any atom is -0.390 e. The molecule has 0 saturated heterocycles. The molecule has 4 saturated carbocycles. The van der Waals surface area contributed by atoms with Crippen LogP contribution in [0.25, 0.3) is 0 Å². The Bertz CT molecular complexity index is 1070. The number of aromatic nitrogens is 2. The zero-order valence-electron chi connectivity index (χ0n) is 20.5. The van der Waals surface area contributed by atoms with Crippen molar-refractivity contribution < 1.29 is 14.1 Å². The molecule has 5 aliphatic rings. The normalized spacial score (nSPS) is 46.8. The van der Waals surface area contributed by atoms with Crippen LogP contribution in [0.4, 0.5) is 0 Å². The van der Waals surface area contributed by atoms with Gasteiger partial charge in [-0.05, 0) is 98.7 Å². The van der Waals surface area contributed by atoms with Gasteiger partial charge in [0.15, 0.2) is 5.78 Å². The summed E-state index contributed by atoms with van der Waals surface area (Å²) in [6.45, 7) is 7.10. The minimum absolute atomic E-state index is 0.0167. The van der Waals surface area contributed by atoms with Crippen molar-refractivity contribution in [2.24, 2.45) is 40.4 Å². The highest BCUT2D eigenvalue weighted by molar-refractivity contribution is 7.84. The number of hydrogen-bond donors (Lipinski definition) is 1. The van der Waals surface area contributed by atoms with Gasteiger partial charge < -0.3 is 5.11 Å². The first-order valence-electron chi connectivity index (χ1n) is 12.9. The van der Waals surface area contributed by atoms with E-state index in [-0.39, 0.29) is 23.2 Å². The molecule has 1 unspecified atom stereocenters. The average molecular weight is 471 g/mol. The Morgan fingerprint density at radius 3 is 2.61 bits per heavy atom. The van der Waals surface area contributed by atoms with E-state index in [1.807, 2.05) is 6.92 Å². The number of rotatable bonds is 4. The lowest BCUT2D eigenvalue weighted by atomic mass is 9.47. The highest BCUT2D eigenvalue weighted by Crippen LogP contribution is 2.78. The smallest absolute Gasteiger partial charge is 0.180 e. The van der Waals surface area contributed by atoms with Gasteiger partial charge in [0.1, 0.15) is 6.54 Å². The van der Waals surface area contributed by atoms with Crippen LogP contribution in [-0.2, 0) is 22.1 Å². The zero-order valence-corrected chi connectivity index (χ0v) is 21.3. The first kappa shape index (κ1) is 22.2. The van der Waals surface area contributed by atoms with Crippen molar-refractivity contribution in [3.05, 3.63) is 23.5 Å². The maximum Gasteiger partial charge on any atom is 0.180 e. The number of hydrogen-bond acceptors (Lipinski definition) is 4. The first-order valence-corrected chi connectivity index (χ1v) is 14.4. The summed E-state index contributed by atoms with van der Waals surface area (Å²) in [7, 11) is -1.08. The van der Waals surface area contributed by atoms with Crippen molar-refractivity contribution in [2.75, 3.05) is 6.26 Å². The third kappa shape index (κ3) is 3.22. The fourth-order valence-corrected chi connectivity index (χ4v) is 9.84. The largest absolute Gasteiger partial charge is 0.390 e. The summed E-state index contributed by atoms with van der Waals surface area (Å²) in [6, 6.07) is 0. The molecule has 33 heavy (non-hydrogen) atoms. The number of carbonyl (C=O) groups excluding carboxylic acids is 1. The molecule has 180 valence electrons. The van der Waals surface area contributed by atoms with Crippen molar-refractivity contribution in [1.82, 2.24) is 9.78 Å². The summed E-state index contributed by atoms with van der Waals surface area (Å²) in [5, 5.41) is 15.0. The van der Waals surface area contributed by atoms with Gasteiger partial charge in [-0.1, -0.05) is 19.4 Å². The van der Waals surface area contributed by atoms with E-state index in [0.29, 0.717) is 22.6 Å². The molecule has 0 amide bonds. The lowest BCUT2D eigenvalue weighted by Crippen LogP contribution is -2.52. The van der Waals surface area contributed by atoms with Gasteiger partial charge in [-0.15, -0.1) is 0 Å². The maximum absolute atomic E-state index is 13.7. The Balaban J connectivity index is 1.26. The molecule has 6 heteroatoms. The molecule has 1 N–H and O–H groups in total. The second-order valence-corrected chi connectivity index (χ2v) is 14.1. The van der Waals surface area contributed by atoms with Crippen molar-refractivity contribution in [2.45, 2.75) is 89.2 Å². The van der Waals surface area contributed by atoms with Crippen LogP contribution in [0.3, 0.4) is 0 Å². The molecule has 5 aliphatic carbocycles. The van der Waals surface area contributed by atoms with Crippen LogP contribution in [0.2, 0.25) is 0 Å². The van der Waals surface area contributed by atoms with Crippen LogP contribution >= 0.6 is 0 Å². The molecule has 0 spiro atoms. The molecule has 5 nitrogen and oxygen atoms in total. The second kappa shape index (κ2) is 7.13. The number of nitrogens with zero attached hydrogens (tertiary/aromatic N) is 2. The molecule has 1 aromatic rings. The maximum atomic E-state index is 13.7. The molecular formula is C27H38N2O3S. The monoisotopic (exact) mass is 470 g/mol. The van der Waals surface area contributed by atoms with Crippen LogP contribution in [0.15, 0.2) is 28.4 Å². The van der Waals surface area contributed by atoms with E-state index in [0.717, 1.165) is 43.1 Å². The van der Waals surface area contributed by atoms with Crippen LogP contribution < -0.4 is 0 Å². The summed E-state index contributed by atoms with van der Waals surface area (Å²) in [6.07, 6.45) is 14.0. The quantitative estimate of drug-likeness (QED) is 0.702. The molecule has 0 aromatic carbocycles. The highest BCUT2D eigenvalue weighted by atomic mass is 32.2. The second-order valence-electron chi connectivity index (χ2n) is 12.7. The van der Waals surface area contributed by atoms with E-state index in [4.69, 9.17) is 0 Å². The SMILES string of the molecule is CS(=O)c1cnn(CC(=O)C2=C3C[C@@]3(C)[C@H]3[C@@H]4CC[C@@H]5C[C@](C)(O)CC[C@@H]5[C@H]4CC[C@]23C)c1. The Morgan fingerprint density at radius 1 is 1.12 bits per heavy atom. The number of ketones is 1. The van der Waals surface area contributed by atoms with E-state index in [2.05, 4.69) is 18.9 Å². The van der Waals surface area contributed by atoms with Gasteiger partial charge in [-0.25, -0.2) is 0 Å². The molecule has 1 aromatic heterocycles. The topological polar surface area (TPSA) is 72.2 Å². The molecule has 0 radical (unpaired) electrons. The van der Waals surface area contributed by atoms with Crippen molar-refractivity contribution in [3.63, 3.8) is 0 Å². The summed E-state index contributed by atoms with van der Waals surface area (Å²) >= 11 is 0. The van der Waals surface area contributed by atoms with Crippen LogP contribution in [0.1, 0.15) is 72.1 Å². The molecule has 4 fully saturated rings. The molecule has 9 atom stereocenters. The highest BCUT2D eigenvalue weighted by Gasteiger charge is 2.70. The molecule has 1 heterocycles. The van der Waals surface area contributed by atoms with Gasteiger partial charge in [-0.3, -0.25) is 13.7 Å². The number of allylic oxidation sites excluding steroid dienone is 2. The third-order valence-corrected chi connectivity index (χ3v) is 11.5. The van der Waals surface area contributed by atoms with E-state index in [1.54, 1.807) is 23.3 Å². The van der Waals surface area contributed by atoms with E-state index in [1.165, 1.54) is 31.3 Å². The zero-order chi connectivity index (χ0) is 23.3. The van der Waals surface area contributed by atoms with Gasteiger partial charge >= 0.3 is 0 Å². The van der Waals surface area contributed by atoms with Crippen LogP contribution in [0.5, 0.6) is 0 Å². The van der Waals surface area contributed by atoms with Gasteiger partial charge in [-0.2, -0.15) is 5.10 Å². The number of carbonyl (C=O) groups is 1. The third-order valence-electron chi connectivity index (χ3n) is 10.6. The van der Waals surface area contributed by atoms with Gasteiger partial charge in [0.2, 0.25) is 0 Å². The lowest BCUT2D eigenvalue weighted by Gasteiger charge is -2.58. The standard InChI is InChI=1S/C27H38N2O3S/c1-25(31)9-7-18-16(11-25)5-6-20-19(18)8-10-26(2)23(21-12-27(21,3)24(20)26)22(30)15-29-14-17(13-28-29)33(4)32/h13-14,16,18-20,24,31H,5-12,15H2,1-4H3/t16-,18+,19-,20-,24+,25-,26-,27-,33?/m1/s1. The first-order chi connectivity index (χ1) is 15.5. The fraction of sp³-hybridized carbons (Fsp3) is 0.778. The summed E-state index contributed by atoms with van der Waals surface area (Å²) < 4.78 is 13.4. The van der Waals surface area contributed by atoms with Crippen LogP contribution in [-0.4, -0.2) is 36.7 Å². The fourth-order valence-electron chi connectivity index (χ4n) is 9.37. The van der Waals surface area contributed by atoms with Gasteiger partial charge in [0, 0.05) is 18.0 Å². The Hall–Kier alpha value is -1.27. The van der Waals surface area contributed by atoms with Crippen LogP contribution in [0, 0.1) is 40.4 Å². The van der Waals surface area contributed by atoms with Crippen molar-refractivity contribution in [1.29, 1.82) is 0 Å².